The van der Waals surface area contributed by atoms with Crippen LogP contribution >= 0.6 is 0 Å². The van der Waals surface area contributed by atoms with Crippen molar-refractivity contribution in [3.63, 3.8) is 0 Å². The van der Waals surface area contributed by atoms with Gasteiger partial charge in [0.15, 0.2) is 0 Å². The Balaban J connectivity index is 1.39. The van der Waals surface area contributed by atoms with Gasteiger partial charge in [0, 0.05) is 19.1 Å². The van der Waals surface area contributed by atoms with E-state index in [4.69, 9.17) is 4.74 Å². The van der Waals surface area contributed by atoms with Crippen molar-refractivity contribution < 1.29 is 19.1 Å². The average molecular weight is 436 g/mol. The van der Waals surface area contributed by atoms with Crippen LogP contribution in [0.25, 0.3) is 0 Å². The maximum atomic E-state index is 13.5. The molecule has 5 atom stereocenters. The van der Waals surface area contributed by atoms with Gasteiger partial charge in [-0.25, -0.2) is 0 Å². The highest BCUT2D eigenvalue weighted by molar-refractivity contribution is 6.00. The quantitative estimate of drug-likeness (QED) is 0.638. The molecule has 1 spiro atoms. The highest BCUT2D eigenvalue weighted by Crippen LogP contribution is 2.55. The lowest BCUT2D eigenvalue weighted by molar-refractivity contribution is -0.141. The first-order valence-electron chi connectivity index (χ1n) is 11.5. The summed E-state index contributed by atoms with van der Waals surface area (Å²) < 4.78 is 6.29. The topological polar surface area (TPSA) is 87.7 Å². The van der Waals surface area contributed by atoms with E-state index in [0.717, 1.165) is 31.2 Å². The number of rotatable bonds is 7. The molecule has 3 fully saturated rings. The first kappa shape index (κ1) is 20.9. The molecule has 3 aliphatic heterocycles. The van der Waals surface area contributed by atoms with Gasteiger partial charge in [0.25, 0.3) is 0 Å². The minimum Gasteiger partial charge on any atom is -0.359 e. The normalized spacial score (nSPS) is 32.9. The lowest BCUT2D eigenvalue weighted by Gasteiger charge is -2.32. The van der Waals surface area contributed by atoms with Crippen LogP contribution < -0.4 is 10.6 Å². The van der Waals surface area contributed by atoms with Gasteiger partial charge >= 0.3 is 0 Å². The SMILES string of the molecule is C=CCN1C(=O)[C@@H]2[C@@H](C(=O)NCc3ccccc3)[C@H]3C=C[C@@]2(O3)[C@@H]1C(=O)NC1CCCC1. The number of nitrogens with one attached hydrogen (secondary N) is 2. The second kappa shape index (κ2) is 8.20. The highest BCUT2D eigenvalue weighted by atomic mass is 16.5. The van der Waals surface area contributed by atoms with E-state index in [0.29, 0.717) is 6.54 Å². The number of fused-ring (bicyclic) bond motifs is 1. The van der Waals surface area contributed by atoms with E-state index in [9.17, 15) is 14.4 Å². The Bertz CT molecular complexity index is 955. The van der Waals surface area contributed by atoms with E-state index in [2.05, 4.69) is 17.2 Å². The zero-order chi connectivity index (χ0) is 22.3. The molecule has 5 rings (SSSR count). The van der Waals surface area contributed by atoms with Crippen molar-refractivity contribution in [2.45, 2.75) is 56.0 Å². The molecule has 1 aromatic rings. The Hall–Kier alpha value is -2.93. The fraction of sp³-hybridized carbons (Fsp3) is 0.480. The summed E-state index contributed by atoms with van der Waals surface area (Å²) in [5.74, 6) is -2.02. The van der Waals surface area contributed by atoms with Crippen LogP contribution in [-0.4, -0.2) is 53.0 Å². The zero-order valence-corrected chi connectivity index (χ0v) is 18.0. The lowest BCUT2D eigenvalue weighted by Crippen LogP contribution is -2.56. The Morgan fingerprint density at radius 3 is 2.66 bits per heavy atom. The number of hydrogen-bond donors (Lipinski definition) is 2. The van der Waals surface area contributed by atoms with Crippen LogP contribution in [0.3, 0.4) is 0 Å². The number of carbonyl (C=O) groups is 3. The summed E-state index contributed by atoms with van der Waals surface area (Å²) in [6.45, 7) is 4.38. The standard InChI is InChI=1S/C25H29N3O4/c1-2-14-28-21(23(30)27-17-10-6-7-11-17)25-13-12-18(32-25)19(20(25)24(28)31)22(29)26-15-16-8-4-3-5-9-16/h2-5,8-9,12-13,17-21H,1,6-7,10-11,14-15H2,(H,26,29)(H,27,30)/t18-,19+,20+,21+,25+/m1/s1. The van der Waals surface area contributed by atoms with E-state index in [1.807, 2.05) is 42.5 Å². The van der Waals surface area contributed by atoms with Crippen LogP contribution in [0.15, 0.2) is 55.1 Å². The van der Waals surface area contributed by atoms with E-state index < -0.39 is 29.6 Å². The first-order chi connectivity index (χ1) is 15.5. The van der Waals surface area contributed by atoms with Crippen molar-refractivity contribution in [3.05, 3.63) is 60.7 Å². The molecule has 168 valence electrons. The van der Waals surface area contributed by atoms with Crippen molar-refractivity contribution in [1.29, 1.82) is 0 Å². The Kier molecular flexibility index (Phi) is 5.37. The van der Waals surface area contributed by atoms with Gasteiger partial charge in [-0.05, 0) is 18.4 Å². The first-order valence-corrected chi connectivity index (χ1v) is 11.5. The third-order valence-electron chi connectivity index (χ3n) is 7.26. The van der Waals surface area contributed by atoms with Crippen LogP contribution in [0, 0.1) is 11.8 Å². The van der Waals surface area contributed by atoms with Crippen molar-refractivity contribution in [2.75, 3.05) is 6.54 Å². The molecule has 2 bridgehead atoms. The highest BCUT2D eigenvalue weighted by Gasteiger charge is 2.72. The summed E-state index contributed by atoms with van der Waals surface area (Å²) in [5.41, 5.74) is -0.127. The van der Waals surface area contributed by atoms with Gasteiger partial charge in [-0.2, -0.15) is 0 Å². The van der Waals surface area contributed by atoms with Crippen LogP contribution in [0.2, 0.25) is 0 Å². The van der Waals surface area contributed by atoms with Gasteiger partial charge in [-0.15, -0.1) is 6.58 Å². The van der Waals surface area contributed by atoms with Crippen LogP contribution in [-0.2, 0) is 25.7 Å². The second-order valence-electron chi connectivity index (χ2n) is 9.17. The molecule has 7 heteroatoms. The summed E-state index contributed by atoms with van der Waals surface area (Å²) in [6.07, 6.45) is 8.88. The van der Waals surface area contributed by atoms with Crippen molar-refractivity contribution in [1.82, 2.24) is 15.5 Å². The Morgan fingerprint density at radius 1 is 1.19 bits per heavy atom. The maximum absolute atomic E-state index is 13.5. The molecule has 1 saturated carbocycles. The Morgan fingerprint density at radius 2 is 1.94 bits per heavy atom. The van der Waals surface area contributed by atoms with Crippen molar-refractivity contribution in [2.24, 2.45) is 11.8 Å². The molecule has 3 heterocycles. The summed E-state index contributed by atoms with van der Waals surface area (Å²) in [7, 11) is 0. The van der Waals surface area contributed by atoms with Gasteiger partial charge in [0.2, 0.25) is 17.7 Å². The molecule has 7 nitrogen and oxygen atoms in total. The molecular formula is C25H29N3O4. The fourth-order valence-electron chi connectivity index (χ4n) is 5.86. The number of hydrogen-bond acceptors (Lipinski definition) is 4. The molecule has 3 amide bonds. The lowest BCUT2D eigenvalue weighted by atomic mass is 9.74. The van der Waals surface area contributed by atoms with Crippen LogP contribution in [0.5, 0.6) is 0 Å². The molecule has 0 radical (unpaired) electrons. The van der Waals surface area contributed by atoms with Gasteiger partial charge < -0.3 is 20.3 Å². The monoisotopic (exact) mass is 435 g/mol. The smallest absolute Gasteiger partial charge is 0.246 e. The van der Waals surface area contributed by atoms with Crippen molar-refractivity contribution >= 4 is 17.7 Å². The van der Waals surface area contributed by atoms with E-state index >= 15 is 0 Å². The fourth-order valence-corrected chi connectivity index (χ4v) is 5.86. The van der Waals surface area contributed by atoms with Gasteiger partial charge in [0.05, 0.1) is 17.9 Å². The average Bonchev–Trinajstić information content (AvgIpc) is 3.56. The van der Waals surface area contributed by atoms with E-state index in [-0.39, 0.29) is 30.3 Å². The molecule has 32 heavy (non-hydrogen) atoms. The largest absolute Gasteiger partial charge is 0.359 e. The van der Waals surface area contributed by atoms with Gasteiger partial charge in [-0.3, -0.25) is 14.4 Å². The molecule has 4 aliphatic rings. The number of nitrogens with zero attached hydrogens (tertiary/aromatic N) is 1. The summed E-state index contributed by atoms with van der Waals surface area (Å²) in [6, 6.07) is 8.97. The third kappa shape index (κ3) is 3.26. The molecular weight excluding hydrogens is 406 g/mol. The number of ether oxygens (including phenoxy) is 1. The van der Waals surface area contributed by atoms with Gasteiger partial charge in [-0.1, -0.05) is 61.4 Å². The molecule has 0 aromatic heterocycles. The number of benzene rings is 1. The predicted octanol–water partition coefficient (Wildman–Crippen LogP) is 1.70. The Labute approximate surface area is 187 Å². The van der Waals surface area contributed by atoms with Crippen LogP contribution in [0.1, 0.15) is 31.2 Å². The number of amides is 3. The van der Waals surface area contributed by atoms with Crippen molar-refractivity contribution in [3.8, 4) is 0 Å². The zero-order valence-electron chi connectivity index (χ0n) is 18.0. The van der Waals surface area contributed by atoms with Gasteiger partial charge in [0.1, 0.15) is 11.6 Å². The maximum Gasteiger partial charge on any atom is 0.246 e. The molecule has 1 aliphatic carbocycles. The summed E-state index contributed by atoms with van der Waals surface area (Å²) >= 11 is 0. The predicted molar refractivity (Wildman–Crippen MR) is 118 cm³/mol. The minimum atomic E-state index is -1.11. The summed E-state index contributed by atoms with van der Waals surface area (Å²) in [4.78, 5) is 41.6. The van der Waals surface area contributed by atoms with E-state index in [1.165, 1.54) is 4.90 Å². The second-order valence-corrected chi connectivity index (χ2v) is 9.17. The number of likely N-dealkylation sites (tertiary alicyclic amines) is 1. The minimum absolute atomic E-state index is 0.131. The summed E-state index contributed by atoms with van der Waals surface area (Å²) in [5, 5.41) is 6.09. The van der Waals surface area contributed by atoms with Crippen LogP contribution in [0.4, 0.5) is 0 Å². The van der Waals surface area contributed by atoms with E-state index in [1.54, 1.807) is 6.08 Å². The molecule has 2 N–H and O–H groups in total. The molecule has 1 aromatic carbocycles. The third-order valence-corrected chi connectivity index (χ3v) is 7.26. The molecule has 2 saturated heterocycles. The molecule has 0 unspecified atom stereocenters. The number of carbonyl (C=O) groups excluding carboxylic acids is 3.